The van der Waals surface area contributed by atoms with Gasteiger partial charge in [0.25, 0.3) is 5.91 Å². The van der Waals surface area contributed by atoms with E-state index >= 15 is 0 Å². The number of aromatic nitrogens is 1. The molecule has 23 heavy (non-hydrogen) atoms. The Hall–Kier alpha value is -3.28. The topological polar surface area (TPSA) is 86.7 Å². The first-order valence-electron chi connectivity index (χ1n) is 6.95. The van der Waals surface area contributed by atoms with Crippen LogP contribution in [-0.4, -0.2) is 29.3 Å². The third-order valence-corrected chi connectivity index (χ3v) is 3.36. The second-order valence-electron chi connectivity index (χ2n) is 4.90. The van der Waals surface area contributed by atoms with Crippen LogP contribution in [0.4, 0.5) is 0 Å². The van der Waals surface area contributed by atoms with Gasteiger partial charge in [0.15, 0.2) is 11.5 Å². The number of para-hydroxylation sites is 1. The molecule has 116 valence electrons. The summed E-state index contributed by atoms with van der Waals surface area (Å²) in [5, 5.41) is 14.5. The van der Waals surface area contributed by atoms with E-state index < -0.39 is 0 Å². The molecule has 1 amide bonds. The molecule has 0 unspecified atom stereocenters. The van der Waals surface area contributed by atoms with E-state index in [-0.39, 0.29) is 11.7 Å². The Bertz CT molecular complexity index is 851. The van der Waals surface area contributed by atoms with Crippen molar-refractivity contribution in [3.05, 3.63) is 59.8 Å². The lowest BCUT2D eigenvalue weighted by atomic mass is 10.2. The molecule has 3 aromatic rings. The van der Waals surface area contributed by atoms with Gasteiger partial charge in [0.05, 0.1) is 13.3 Å². The van der Waals surface area contributed by atoms with E-state index in [4.69, 9.17) is 4.74 Å². The summed E-state index contributed by atoms with van der Waals surface area (Å²) in [6.45, 7) is 0. The highest BCUT2D eigenvalue weighted by Gasteiger charge is 2.08. The summed E-state index contributed by atoms with van der Waals surface area (Å²) in [5.41, 5.74) is 4.40. The van der Waals surface area contributed by atoms with E-state index in [1.165, 1.54) is 19.4 Å². The predicted octanol–water partition coefficient (Wildman–Crippen LogP) is 2.65. The number of phenolic OH excluding ortho intramolecular Hbond substituents is 1. The smallest absolute Gasteiger partial charge is 0.287 e. The fraction of sp³-hybridized carbons (Fsp3) is 0.0588. The second kappa shape index (κ2) is 6.23. The number of aromatic hydroxyl groups is 1. The van der Waals surface area contributed by atoms with Crippen molar-refractivity contribution in [3.8, 4) is 11.5 Å². The summed E-state index contributed by atoms with van der Waals surface area (Å²) >= 11 is 0. The predicted molar refractivity (Wildman–Crippen MR) is 88.0 cm³/mol. The van der Waals surface area contributed by atoms with Gasteiger partial charge in [-0.05, 0) is 35.9 Å². The third-order valence-electron chi connectivity index (χ3n) is 3.36. The fourth-order valence-corrected chi connectivity index (χ4v) is 2.21. The van der Waals surface area contributed by atoms with Gasteiger partial charge in [-0.3, -0.25) is 4.79 Å². The van der Waals surface area contributed by atoms with Crippen LogP contribution in [0.25, 0.3) is 10.9 Å². The van der Waals surface area contributed by atoms with Crippen molar-refractivity contribution in [1.29, 1.82) is 0 Å². The van der Waals surface area contributed by atoms with Gasteiger partial charge < -0.3 is 14.8 Å². The molecule has 0 atom stereocenters. The lowest BCUT2D eigenvalue weighted by Gasteiger charge is -2.03. The molecule has 0 spiro atoms. The summed E-state index contributed by atoms with van der Waals surface area (Å²) < 4.78 is 4.96. The van der Waals surface area contributed by atoms with E-state index in [0.717, 1.165) is 10.9 Å². The Labute approximate surface area is 132 Å². The van der Waals surface area contributed by atoms with Crippen molar-refractivity contribution in [2.45, 2.75) is 0 Å². The standard InChI is InChI=1S/C17H15N3O3/c1-23-16-7-6-11(8-15(16)21)10-18-20-17(22)14-9-12-4-2-3-5-13(12)19-14/h2-10,19,21H,1H3,(H,20,22)/b18-10+. The first kappa shape index (κ1) is 14.6. The number of hydrogen-bond acceptors (Lipinski definition) is 4. The van der Waals surface area contributed by atoms with E-state index in [2.05, 4.69) is 15.5 Å². The average Bonchev–Trinajstić information content (AvgIpc) is 2.99. The number of H-pyrrole nitrogens is 1. The van der Waals surface area contributed by atoms with Gasteiger partial charge in [-0.15, -0.1) is 0 Å². The molecular formula is C17H15N3O3. The number of fused-ring (bicyclic) bond motifs is 1. The zero-order valence-corrected chi connectivity index (χ0v) is 12.4. The number of rotatable bonds is 4. The van der Waals surface area contributed by atoms with Crippen LogP contribution in [0.5, 0.6) is 11.5 Å². The molecule has 1 aromatic heterocycles. The van der Waals surface area contributed by atoms with E-state index in [9.17, 15) is 9.90 Å². The maximum atomic E-state index is 12.0. The maximum Gasteiger partial charge on any atom is 0.287 e. The van der Waals surface area contributed by atoms with Crippen molar-refractivity contribution < 1.29 is 14.6 Å². The highest BCUT2D eigenvalue weighted by Crippen LogP contribution is 2.25. The zero-order chi connectivity index (χ0) is 16.2. The summed E-state index contributed by atoms with van der Waals surface area (Å²) in [6, 6.07) is 14.2. The molecule has 0 saturated carbocycles. The molecule has 0 fully saturated rings. The van der Waals surface area contributed by atoms with Gasteiger partial charge in [0, 0.05) is 10.9 Å². The van der Waals surface area contributed by atoms with Crippen molar-refractivity contribution in [3.63, 3.8) is 0 Å². The Morgan fingerprint density at radius 2 is 2.09 bits per heavy atom. The molecule has 0 aliphatic heterocycles. The van der Waals surface area contributed by atoms with Crippen molar-refractivity contribution in [2.24, 2.45) is 5.10 Å². The van der Waals surface area contributed by atoms with Gasteiger partial charge in [0.1, 0.15) is 5.69 Å². The summed E-state index contributed by atoms with van der Waals surface area (Å²) in [6.07, 6.45) is 1.44. The number of hydrogen-bond donors (Lipinski definition) is 3. The highest BCUT2D eigenvalue weighted by molar-refractivity contribution is 5.98. The van der Waals surface area contributed by atoms with Crippen LogP contribution in [0, 0.1) is 0 Å². The number of nitrogens with zero attached hydrogens (tertiary/aromatic N) is 1. The molecule has 6 nitrogen and oxygen atoms in total. The lowest BCUT2D eigenvalue weighted by Crippen LogP contribution is -2.17. The minimum atomic E-state index is -0.338. The number of amides is 1. The molecule has 6 heteroatoms. The summed E-state index contributed by atoms with van der Waals surface area (Å²) in [7, 11) is 1.48. The van der Waals surface area contributed by atoms with Crippen LogP contribution < -0.4 is 10.2 Å². The molecule has 1 heterocycles. The molecule has 0 aliphatic rings. The van der Waals surface area contributed by atoms with E-state index in [1.54, 1.807) is 18.2 Å². The number of aromatic amines is 1. The van der Waals surface area contributed by atoms with Crippen LogP contribution in [0.15, 0.2) is 53.6 Å². The second-order valence-corrected chi connectivity index (χ2v) is 4.90. The van der Waals surface area contributed by atoms with Gasteiger partial charge >= 0.3 is 0 Å². The molecular weight excluding hydrogens is 294 g/mol. The quantitative estimate of drug-likeness (QED) is 0.511. The molecule has 3 rings (SSSR count). The number of carbonyl (C=O) groups is 1. The number of ether oxygens (including phenoxy) is 1. The molecule has 2 aromatic carbocycles. The van der Waals surface area contributed by atoms with Crippen LogP contribution in [0.1, 0.15) is 16.1 Å². The molecule has 3 N–H and O–H groups in total. The van der Waals surface area contributed by atoms with Gasteiger partial charge in [0.2, 0.25) is 0 Å². The van der Waals surface area contributed by atoms with Gasteiger partial charge in [-0.2, -0.15) is 5.10 Å². The third kappa shape index (κ3) is 3.16. The molecule has 0 saturated heterocycles. The highest BCUT2D eigenvalue weighted by atomic mass is 16.5. The Kier molecular flexibility index (Phi) is 3.97. The van der Waals surface area contributed by atoms with Crippen LogP contribution >= 0.6 is 0 Å². The monoisotopic (exact) mass is 309 g/mol. The van der Waals surface area contributed by atoms with Crippen LogP contribution in [-0.2, 0) is 0 Å². The minimum absolute atomic E-state index is 0.0124. The normalized spacial score (nSPS) is 11.0. The number of benzene rings is 2. The Morgan fingerprint density at radius 3 is 2.83 bits per heavy atom. The average molecular weight is 309 g/mol. The summed E-state index contributed by atoms with van der Waals surface area (Å²) in [4.78, 5) is 15.1. The first-order valence-corrected chi connectivity index (χ1v) is 6.95. The number of phenols is 1. The largest absolute Gasteiger partial charge is 0.504 e. The van der Waals surface area contributed by atoms with Crippen molar-refractivity contribution in [1.82, 2.24) is 10.4 Å². The SMILES string of the molecule is COc1ccc(/C=N/NC(=O)c2cc3ccccc3[nH]2)cc1O. The molecule has 0 aliphatic carbocycles. The van der Waals surface area contributed by atoms with Crippen LogP contribution in [0.2, 0.25) is 0 Å². The molecule has 0 radical (unpaired) electrons. The van der Waals surface area contributed by atoms with Gasteiger partial charge in [-0.1, -0.05) is 18.2 Å². The Morgan fingerprint density at radius 1 is 1.26 bits per heavy atom. The van der Waals surface area contributed by atoms with Gasteiger partial charge in [-0.25, -0.2) is 5.43 Å². The first-order chi connectivity index (χ1) is 11.2. The number of hydrazone groups is 1. The Balaban J connectivity index is 1.69. The van der Waals surface area contributed by atoms with E-state index in [0.29, 0.717) is 17.0 Å². The number of nitrogens with one attached hydrogen (secondary N) is 2. The number of carbonyl (C=O) groups excluding carboxylic acids is 1. The van der Waals surface area contributed by atoms with Crippen molar-refractivity contribution >= 4 is 23.0 Å². The summed E-state index contributed by atoms with van der Waals surface area (Å²) in [5.74, 6) is 0.0536. The maximum absolute atomic E-state index is 12.0. The lowest BCUT2D eigenvalue weighted by molar-refractivity contribution is 0.0951. The zero-order valence-electron chi connectivity index (χ0n) is 12.4. The van der Waals surface area contributed by atoms with E-state index in [1.807, 2.05) is 24.3 Å². The van der Waals surface area contributed by atoms with Crippen LogP contribution in [0.3, 0.4) is 0 Å². The van der Waals surface area contributed by atoms with Crippen molar-refractivity contribution in [2.75, 3.05) is 7.11 Å². The molecule has 0 bridgehead atoms. The fourth-order valence-electron chi connectivity index (χ4n) is 2.21. The minimum Gasteiger partial charge on any atom is -0.504 e. The number of methoxy groups -OCH3 is 1.